The number of hydrogen-bond acceptors (Lipinski definition) is 3. The molecule has 2 N–H and O–H groups in total. The summed E-state index contributed by atoms with van der Waals surface area (Å²) >= 11 is 0. The average Bonchev–Trinajstić information content (AvgIpc) is 3.07. The number of nitrogens with zero attached hydrogens (tertiary/aromatic N) is 2. The van der Waals surface area contributed by atoms with Crippen molar-refractivity contribution in [2.45, 2.75) is 12.7 Å². The smallest absolute Gasteiger partial charge is 0.416 e. The molecule has 0 atom stereocenters. The van der Waals surface area contributed by atoms with Crippen LogP contribution in [0, 0.1) is 5.82 Å². The number of aromatic hydroxyl groups is 1. The van der Waals surface area contributed by atoms with Gasteiger partial charge in [0, 0.05) is 5.56 Å². The molecule has 158 valence electrons. The predicted molar refractivity (Wildman–Crippen MR) is 104 cm³/mol. The summed E-state index contributed by atoms with van der Waals surface area (Å²) in [4.78, 5) is 11.1. The van der Waals surface area contributed by atoms with Crippen LogP contribution in [0.4, 0.5) is 17.6 Å². The number of fused-ring (bicyclic) bond motifs is 1. The van der Waals surface area contributed by atoms with E-state index in [1.807, 2.05) is 0 Å². The minimum absolute atomic E-state index is 0.0423. The first-order valence-electron chi connectivity index (χ1n) is 9.03. The van der Waals surface area contributed by atoms with Gasteiger partial charge in [-0.2, -0.15) is 18.3 Å². The number of hydrogen-bond donors (Lipinski definition) is 2. The van der Waals surface area contributed by atoms with Crippen LogP contribution in [-0.4, -0.2) is 26.0 Å². The SMILES string of the molecule is O=C(O)c1ccc(-c2nn(Cc3ccccc3C(F)(F)F)c3cccc(F)c23)cc1O. The molecule has 0 radical (unpaired) electrons. The fourth-order valence-electron chi connectivity index (χ4n) is 3.47. The summed E-state index contributed by atoms with van der Waals surface area (Å²) in [7, 11) is 0. The van der Waals surface area contributed by atoms with Gasteiger partial charge < -0.3 is 10.2 Å². The lowest BCUT2D eigenvalue weighted by molar-refractivity contribution is -0.138. The zero-order valence-electron chi connectivity index (χ0n) is 15.7. The number of carboxylic acid groups (broad SMARTS) is 1. The molecule has 0 unspecified atom stereocenters. The Morgan fingerprint density at radius 3 is 2.45 bits per heavy atom. The molecule has 4 rings (SSSR count). The fraction of sp³-hybridized carbons (Fsp3) is 0.0909. The number of benzene rings is 3. The molecule has 0 saturated carbocycles. The highest BCUT2D eigenvalue weighted by Gasteiger charge is 2.33. The number of carbonyl (C=O) groups is 1. The van der Waals surface area contributed by atoms with Crippen LogP contribution in [0.25, 0.3) is 22.2 Å². The third kappa shape index (κ3) is 3.70. The van der Waals surface area contributed by atoms with E-state index in [2.05, 4.69) is 5.10 Å². The normalized spacial score (nSPS) is 11.7. The molecular weight excluding hydrogens is 416 g/mol. The second-order valence-corrected chi connectivity index (χ2v) is 6.83. The molecule has 4 aromatic rings. The van der Waals surface area contributed by atoms with Crippen LogP contribution in [-0.2, 0) is 12.7 Å². The Balaban J connectivity index is 1.88. The van der Waals surface area contributed by atoms with Crippen molar-refractivity contribution in [1.82, 2.24) is 9.78 Å². The van der Waals surface area contributed by atoms with Crippen LogP contribution < -0.4 is 0 Å². The van der Waals surface area contributed by atoms with Crippen LogP contribution in [0.1, 0.15) is 21.5 Å². The van der Waals surface area contributed by atoms with E-state index in [0.29, 0.717) is 0 Å². The highest BCUT2D eigenvalue weighted by molar-refractivity contribution is 5.96. The summed E-state index contributed by atoms with van der Waals surface area (Å²) in [5.74, 6) is -2.52. The van der Waals surface area contributed by atoms with Crippen molar-refractivity contribution in [2.75, 3.05) is 0 Å². The van der Waals surface area contributed by atoms with Crippen molar-refractivity contribution >= 4 is 16.9 Å². The zero-order valence-corrected chi connectivity index (χ0v) is 15.7. The molecule has 3 aromatic carbocycles. The van der Waals surface area contributed by atoms with Crippen LogP contribution >= 0.6 is 0 Å². The van der Waals surface area contributed by atoms with Gasteiger partial charge in [-0.1, -0.05) is 30.3 Å². The van der Waals surface area contributed by atoms with Gasteiger partial charge in [-0.25, -0.2) is 9.18 Å². The Kier molecular flexibility index (Phi) is 4.88. The van der Waals surface area contributed by atoms with Crippen molar-refractivity contribution in [2.24, 2.45) is 0 Å². The van der Waals surface area contributed by atoms with Gasteiger partial charge in [0.2, 0.25) is 0 Å². The standard InChI is InChI=1S/C22H14F4N2O3/c23-16-6-3-7-17-19(16)20(12-8-9-14(21(30)31)18(29)10-12)27-28(17)11-13-4-1-2-5-15(13)22(24,25)26/h1-10,29H,11H2,(H,30,31). The van der Waals surface area contributed by atoms with Crippen molar-refractivity contribution in [3.05, 3.63) is 83.2 Å². The van der Waals surface area contributed by atoms with Crippen molar-refractivity contribution in [3.63, 3.8) is 0 Å². The lowest BCUT2D eigenvalue weighted by atomic mass is 10.0. The van der Waals surface area contributed by atoms with E-state index in [9.17, 15) is 27.5 Å². The molecule has 0 fully saturated rings. The molecule has 0 spiro atoms. The number of halogens is 4. The third-order valence-electron chi connectivity index (χ3n) is 4.87. The maximum absolute atomic E-state index is 14.7. The fourth-order valence-corrected chi connectivity index (χ4v) is 3.47. The summed E-state index contributed by atoms with van der Waals surface area (Å²) in [6, 6.07) is 12.8. The summed E-state index contributed by atoms with van der Waals surface area (Å²) in [6.07, 6.45) is -4.56. The minimum Gasteiger partial charge on any atom is -0.507 e. The number of alkyl halides is 3. The van der Waals surface area contributed by atoms with Crippen molar-refractivity contribution in [3.8, 4) is 17.0 Å². The quantitative estimate of drug-likeness (QED) is 0.430. The molecule has 0 aliphatic rings. The Bertz CT molecular complexity index is 1310. The van der Waals surface area contributed by atoms with Gasteiger partial charge in [-0.15, -0.1) is 0 Å². The minimum atomic E-state index is -4.56. The first-order valence-corrected chi connectivity index (χ1v) is 9.03. The van der Waals surface area contributed by atoms with Crippen molar-refractivity contribution in [1.29, 1.82) is 0 Å². The van der Waals surface area contributed by atoms with E-state index in [4.69, 9.17) is 5.11 Å². The second-order valence-electron chi connectivity index (χ2n) is 6.83. The topological polar surface area (TPSA) is 75.3 Å². The number of phenols is 1. The maximum Gasteiger partial charge on any atom is 0.416 e. The van der Waals surface area contributed by atoms with E-state index in [0.717, 1.165) is 18.2 Å². The molecule has 0 aliphatic heterocycles. The molecule has 0 saturated heterocycles. The summed E-state index contributed by atoms with van der Waals surface area (Å²) < 4.78 is 56.1. The largest absolute Gasteiger partial charge is 0.507 e. The number of rotatable bonds is 4. The van der Waals surface area contributed by atoms with Gasteiger partial charge in [-0.3, -0.25) is 4.68 Å². The zero-order chi connectivity index (χ0) is 22.3. The van der Waals surface area contributed by atoms with Crippen molar-refractivity contribution < 1.29 is 32.6 Å². The Labute approximate surface area is 172 Å². The predicted octanol–water partition coefficient (Wildman–Crippen LogP) is 5.31. The maximum atomic E-state index is 14.7. The Morgan fingerprint density at radius 1 is 1.03 bits per heavy atom. The molecule has 0 amide bonds. The van der Waals surface area contributed by atoms with Gasteiger partial charge >= 0.3 is 12.1 Å². The van der Waals surface area contributed by atoms with Crippen LogP contribution in [0.5, 0.6) is 5.75 Å². The van der Waals surface area contributed by atoms with Crippen LogP contribution in [0.15, 0.2) is 60.7 Å². The molecule has 31 heavy (non-hydrogen) atoms. The monoisotopic (exact) mass is 430 g/mol. The first-order chi connectivity index (χ1) is 14.7. The van der Waals surface area contributed by atoms with Gasteiger partial charge in [0.1, 0.15) is 22.8 Å². The summed E-state index contributed by atoms with van der Waals surface area (Å²) in [5, 5.41) is 23.4. The van der Waals surface area contributed by atoms with Crippen LogP contribution in [0.3, 0.4) is 0 Å². The number of carboxylic acids is 1. The third-order valence-corrected chi connectivity index (χ3v) is 4.87. The van der Waals surface area contributed by atoms with E-state index >= 15 is 0 Å². The van der Waals surface area contributed by atoms with Gasteiger partial charge in [0.25, 0.3) is 0 Å². The van der Waals surface area contributed by atoms with E-state index in [1.165, 1.54) is 47.1 Å². The van der Waals surface area contributed by atoms with Gasteiger partial charge in [0.05, 0.1) is 23.0 Å². The number of aromatic carboxylic acids is 1. The lowest BCUT2D eigenvalue weighted by Crippen LogP contribution is -2.12. The van der Waals surface area contributed by atoms with Gasteiger partial charge in [0.15, 0.2) is 0 Å². The molecule has 0 aliphatic carbocycles. The lowest BCUT2D eigenvalue weighted by Gasteiger charge is -2.13. The van der Waals surface area contributed by atoms with E-state index < -0.39 is 29.3 Å². The average molecular weight is 430 g/mol. The first kappa shape index (κ1) is 20.4. The second kappa shape index (κ2) is 7.42. The van der Waals surface area contributed by atoms with Crippen LogP contribution in [0.2, 0.25) is 0 Å². The molecule has 1 aromatic heterocycles. The van der Waals surface area contributed by atoms with E-state index in [-0.39, 0.29) is 39.8 Å². The Hall–Kier alpha value is -3.88. The van der Waals surface area contributed by atoms with Gasteiger partial charge in [-0.05, 0) is 35.9 Å². The molecule has 5 nitrogen and oxygen atoms in total. The Morgan fingerprint density at radius 2 is 1.77 bits per heavy atom. The highest BCUT2D eigenvalue weighted by atomic mass is 19.4. The summed E-state index contributed by atoms with van der Waals surface area (Å²) in [6.45, 7) is -0.269. The number of aromatic nitrogens is 2. The molecule has 9 heteroatoms. The summed E-state index contributed by atoms with van der Waals surface area (Å²) in [5.41, 5.74) is -0.648. The highest BCUT2D eigenvalue weighted by Crippen LogP contribution is 2.35. The molecule has 0 bridgehead atoms. The molecule has 1 heterocycles. The van der Waals surface area contributed by atoms with E-state index in [1.54, 1.807) is 0 Å². The molecular formula is C22H14F4N2O3.